The Bertz CT molecular complexity index is 501. The Labute approximate surface area is 213 Å². The Morgan fingerprint density at radius 3 is 1.53 bits per heavy atom. The van der Waals surface area contributed by atoms with Crippen LogP contribution in [-0.2, 0) is 9.22 Å². The molecule has 5 heteroatoms. The summed E-state index contributed by atoms with van der Waals surface area (Å²) in [6.45, 7) is 15.0. The highest BCUT2D eigenvalue weighted by Gasteiger charge is 2.39. The number of rotatable bonds is 22. The van der Waals surface area contributed by atoms with Crippen LogP contribution in [-0.4, -0.2) is 36.7 Å². The number of carboxylic acids is 1. The van der Waals surface area contributed by atoms with Crippen LogP contribution < -0.4 is 0 Å². The fraction of sp³-hybridized carbons (Fsp3) is 0.966. The van der Waals surface area contributed by atoms with Crippen molar-refractivity contribution in [1.82, 2.24) is 0 Å². The van der Waals surface area contributed by atoms with Gasteiger partial charge >= 0.3 is 5.97 Å². The van der Waals surface area contributed by atoms with E-state index in [1.54, 1.807) is 6.92 Å². The number of aliphatic hydroxyl groups excluding tert-OH is 1. The first-order valence-electron chi connectivity index (χ1n) is 14.5. The van der Waals surface area contributed by atoms with Crippen LogP contribution >= 0.6 is 0 Å². The van der Waals surface area contributed by atoms with Gasteiger partial charge in [0.1, 0.15) is 0 Å². The molecule has 3 atom stereocenters. The lowest BCUT2D eigenvalue weighted by Gasteiger charge is -2.40. The van der Waals surface area contributed by atoms with E-state index in [1.807, 2.05) is 0 Å². The maximum atomic E-state index is 11.3. The van der Waals surface area contributed by atoms with E-state index in [-0.39, 0.29) is 11.1 Å². The second-order valence-corrected chi connectivity index (χ2v) is 16.9. The van der Waals surface area contributed by atoms with Crippen molar-refractivity contribution in [3.05, 3.63) is 0 Å². The van der Waals surface area contributed by atoms with Gasteiger partial charge in [-0.3, -0.25) is 4.79 Å². The van der Waals surface area contributed by atoms with Crippen LogP contribution in [0, 0.1) is 5.92 Å². The molecule has 0 heterocycles. The zero-order valence-electron chi connectivity index (χ0n) is 24.0. The minimum absolute atomic E-state index is 0.0559. The molecule has 0 aliphatic carbocycles. The Kier molecular flexibility index (Phi) is 18.6. The molecule has 0 spiro atoms. The van der Waals surface area contributed by atoms with Crippen LogP contribution in [0.5, 0.6) is 0 Å². The van der Waals surface area contributed by atoms with Crippen molar-refractivity contribution >= 4 is 14.3 Å². The molecule has 0 amide bonds. The SMILES string of the molecule is CCCCCCCCCCCCCCCCC[C@H](C[C@@H](O)[C@@H](C)C(=O)O)O[Si](C)(C)C(C)(C)C. The second kappa shape index (κ2) is 18.8. The molecule has 0 unspecified atom stereocenters. The summed E-state index contributed by atoms with van der Waals surface area (Å²) in [5.41, 5.74) is 0. The molecular weight excluding hydrogens is 440 g/mol. The monoisotopic (exact) mass is 500 g/mol. The molecule has 0 aromatic heterocycles. The summed E-state index contributed by atoms with van der Waals surface area (Å²) in [5.74, 6) is -1.70. The predicted octanol–water partition coefficient (Wildman–Crippen LogP) is 9.11. The largest absolute Gasteiger partial charge is 0.481 e. The highest BCUT2D eigenvalue weighted by atomic mass is 28.4. The quantitative estimate of drug-likeness (QED) is 0.115. The first kappa shape index (κ1) is 33.6. The minimum atomic E-state index is -1.96. The summed E-state index contributed by atoms with van der Waals surface area (Å²) < 4.78 is 6.61. The molecule has 34 heavy (non-hydrogen) atoms. The van der Waals surface area contributed by atoms with Gasteiger partial charge in [-0.1, -0.05) is 124 Å². The van der Waals surface area contributed by atoms with Gasteiger partial charge < -0.3 is 14.6 Å². The first-order chi connectivity index (χ1) is 15.9. The molecule has 0 aliphatic heterocycles. The summed E-state index contributed by atoms with van der Waals surface area (Å²) in [5, 5.41) is 19.8. The van der Waals surface area contributed by atoms with Gasteiger partial charge in [0, 0.05) is 6.10 Å². The maximum absolute atomic E-state index is 11.3. The van der Waals surface area contributed by atoms with Crippen LogP contribution in [0.3, 0.4) is 0 Å². The molecule has 0 saturated carbocycles. The summed E-state index contributed by atoms with van der Waals surface area (Å²) in [6, 6.07) is 0. The third-order valence-electron chi connectivity index (χ3n) is 7.87. The lowest BCUT2D eigenvalue weighted by atomic mass is 9.96. The smallest absolute Gasteiger partial charge is 0.308 e. The lowest BCUT2D eigenvalue weighted by Crippen LogP contribution is -2.45. The predicted molar refractivity (Wildman–Crippen MR) is 149 cm³/mol. The van der Waals surface area contributed by atoms with Crippen LogP contribution in [0.4, 0.5) is 0 Å². The number of hydrogen-bond donors (Lipinski definition) is 2. The summed E-state index contributed by atoms with van der Waals surface area (Å²) in [7, 11) is -1.96. The highest BCUT2D eigenvalue weighted by Crippen LogP contribution is 2.38. The Balaban J connectivity index is 4.11. The third-order valence-corrected chi connectivity index (χ3v) is 12.4. The van der Waals surface area contributed by atoms with Gasteiger partial charge in [-0.25, -0.2) is 0 Å². The number of hydrogen-bond acceptors (Lipinski definition) is 3. The van der Waals surface area contributed by atoms with Gasteiger partial charge in [-0.15, -0.1) is 0 Å². The average molecular weight is 501 g/mol. The number of carboxylic acid groups (broad SMARTS) is 1. The van der Waals surface area contributed by atoms with E-state index in [0.717, 1.165) is 12.8 Å². The van der Waals surface area contributed by atoms with Crippen LogP contribution in [0.15, 0.2) is 0 Å². The molecule has 0 aromatic rings. The summed E-state index contributed by atoms with van der Waals surface area (Å²) in [4.78, 5) is 11.3. The number of unbranched alkanes of at least 4 members (excludes halogenated alkanes) is 14. The van der Waals surface area contributed by atoms with Crippen LogP contribution in [0.2, 0.25) is 18.1 Å². The van der Waals surface area contributed by atoms with E-state index in [2.05, 4.69) is 40.8 Å². The normalized spacial score (nSPS) is 15.3. The zero-order valence-corrected chi connectivity index (χ0v) is 25.0. The zero-order chi connectivity index (χ0) is 26.0. The van der Waals surface area contributed by atoms with E-state index < -0.39 is 26.3 Å². The third kappa shape index (κ3) is 16.3. The van der Waals surface area contributed by atoms with Gasteiger partial charge in [0.05, 0.1) is 12.0 Å². The van der Waals surface area contributed by atoms with Crippen molar-refractivity contribution in [2.45, 2.75) is 174 Å². The molecule has 2 N–H and O–H groups in total. The standard InChI is InChI=1S/C29H60O4Si/c1-8-9-10-11-12-13-14-15-16-17-18-19-20-21-22-23-26(24-27(30)25(2)28(31)32)33-34(6,7)29(3,4)5/h25-27,30H,8-24H2,1-7H3,(H,31,32)/t25-,26-,27-/m1/s1. The molecule has 0 aliphatic rings. The molecule has 0 radical (unpaired) electrons. The van der Waals surface area contributed by atoms with Crippen molar-refractivity contribution in [1.29, 1.82) is 0 Å². The minimum Gasteiger partial charge on any atom is -0.481 e. The van der Waals surface area contributed by atoms with Crippen molar-refractivity contribution in [2.75, 3.05) is 0 Å². The second-order valence-electron chi connectivity index (χ2n) is 12.2. The maximum Gasteiger partial charge on any atom is 0.308 e. The van der Waals surface area contributed by atoms with Crippen molar-refractivity contribution < 1.29 is 19.4 Å². The topological polar surface area (TPSA) is 66.8 Å². The molecule has 0 fully saturated rings. The van der Waals surface area contributed by atoms with Crippen molar-refractivity contribution in [2.24, 2.45) is 5.92 Å². The molecular formula is C29H60O4Si. The van der Waals surface area contributed by atoms with E-state index in [4.69, 9.17) is 4.43 Å². The fourth-order valence-corrected chi connectivity index (χ4v) is 5.60. The first-order valence-corrected chi connectivity index (χ1v) is 17.4. The van der Waals surface area contributed by atoms with Crippen molar-refractivity contribution in [3.63, 3.8) is 0 Å². The van der Waals surface area contributed by atoms with Gasteiger partial charge in [-0.2, -0.15) is 0 Å². The summed E-state index contributed by atoms with van der Waals surface area (Å²) in [6.07, 6.45) is 20.6. The lowest BCUT2D eigenvalue weighted by molar-refractivity contribution is -0.145. The van der Waals surface area contributed by atoms with Crippen molar-refractivity contribution in [3.8, 4) is 0 Å². The molecule has 0 bridgehead atoms. The molecule has 0 saturated heterocycles. The van der Waals surface area contributed by atoms with E-state index in [0.29, 0.717) is 6.42 Å². The molecule has 4 nitrogen and oxygen atoms in total. The highest BCUT2D eigenvalue weighted by molar-refractivity contribution is 6.74. The van der Waals surface area contributed by atoms with E-state index in [1.165, 1.54) is 89.9 Å². The fourth-order valence-electron chi connectivity index (χ4n) is 4.20. The van der Waals surface area contributed by atoms with Gasteiger partial charge in [0.15, 0.2) is 8.32 Å². The average Bonchev–Trinajstić information content (AvgIpc) is 2.74. The number of aliphatic carboxylic acids is 1. The van der Waals surface area contributed by atoms with E-state index in [9.17, 15) is 15.0 Å². The Morgan fingerprint density at radius 1 is 0.794 bits per heavy atom. The van der Waals surface area contributed by atoms with Gasteiger partial charge in [-0.05, 0) is 37.9 Å². The van der Waals surface area contributed by atoms with Crippen LogP contribution in [0.1, 0.15) is 144 Å². The molecule has 0 aromatic carbocycles. The van der Waals surface area contributed by atoms with Gasteiger partial charge in [0.2, 0.25) is 0 Å². The Morgan fingerprint density at radius 2 is 1.18 bits per heavy atom. The van der Waals surface area contributed by atoms with Crippen LogP contribution in [0.25, 0.3) is 0 Å². The molecule has 204 valence electrons. The summed E-state index contributed by atoms with van der Waals surface area (Å²) >= 11 is 0. The number of carbonyl (C=O) groups is 1. The van der Waals surface area contributed by atoms with E-state index >= 15 is 0 Å². The van der Waals surface area contributed by atoms with Gasteiger partial charge in [0.25, 0.3) is 0 Å². The Hall–Kier alpha value is -0.393. The number of aliphatic hydroxyl groups is 1. The molecule has 0 rings (SSSR count).